The van der Waals surface area contributed by atoms with Crippen molar-refractivity contribution >= 4 is 11.6 Å². The van der Waals surface area contributed by atoms with Gasteiger partial charge in [-0.1, -0.05) is 6.92 Å². The zero-order valence-corrected chi connectivity index (χ0v) is 9.66. The number of nitrogens with zero attached hydrogens (tertiary/aromatic N) is 1. The summed E-state index contributed by atoms with van der Waals surface area (Å²) in [5.74, 6) is 1.33. The van der Waals surface area contributed by atoms with Crippen molar-refractivity contribution in [1.82, 2.24) is 10.3 Å². The van der Waals surface area contributed by atoms with Crippen LogP contribution in [-0.4, -0.2) is 17.4 Å². The minimum absolute atomic E-state index is 0.0728. The number of hydrogen-bond acceptors (Lipinski definition) is 3. The lowest BCUT2D eigenvalue weighted by Gasteiger charge is -2.07. The summed E-state index contributed by atoms with van der Waals surface area (Å²) in [6.07, 6.45) is 2.78. The summed E-state index contributed by atoms with van der Waals surface area (Å²) in [5, 5.41) is 2.92. The Hall–Kier alpha value is -1.58. The van der Waals surface area contributed by atoms with E-state index in [2.05, 4.69) is 17.2 Å². The van der Waals surface area contributed by atoms with Crippen molar-refractivity contribution in [3.8, 4) is 0 Å². The summed E-state index contributed by atoms with van der Waals surface area (Å²) >= 11 is 0. The van der Waals surface area contributed by atoms with Gasteiger partial charge < -0.3 is 11.1 Å². The van der Waals surface area contributed by atoms with E-state index in [1.165, 1.54) is 6.42 Å². The third-order valence-electron chi connectivity index (χ3n) is 3.15. The van der Waals surface area contributed by atoms with Gasteiger partial charge in [-0.2, -0.15) is 0 Å². The molecule has 4 nitrogen and oxygen atoms in total. The first-order chi connectivity index (χ1) is 7.58. The topological polar surface area (TPSA) is 68.0 Å². The number of carbonyl (C=O) groups is 1. The van der Waals surface area contributed by atoms with Crippen molar-refractivity contribution in [1.29, 1.82) is 0 Å². The molecule has 0 aliphatic heterocycles. The van der Waals surface area contributed by atoms with Crippen molar-refractivity contribution in [2.75, 3.05) is 12.3 Å². The molecule has 16 heavy (non-hydrogen) atoms. The Kier molecular flexibility index (Phi) is 2.81. The summed E-state index contributed by atoms with van der Waals surface area (Å²) in [7, 11) is 0. The van der Waals surface area contributed by atoms with Gasteiger partial charge in [-0.3, -0.25) is 9.78 Å². The Bertz CT molecular complexity index is 417. The Morgan fingerprint density at radius 1 is 1.69 bits per heavy atom. The standard InChI is InChI=1S/C12H17N3O/c1-7-3-9(7)5-15-12(16)11-4-10(13)6-14-8(11)2/h4,6-7,9H,3,5,13H2,1-2H3,(H,15,16). The molecule has 1 aliphatic carbocycles. The molecule has 0 aromatic carbocycles. The number of nitrogen functional groups attached to an aromatic ring is 1. The van der Waals surface area contributed by atoms with Crippen LogP contribution in [0.5, 0.6) is 0 Å². The molecule has 2 atom stereocenters. The predicted octanol–water partition coefficient (Wildman–Crippen LogP) is 1.36. The maximum Gasteiger partial charge on any atom is 0.253 e. The van der Waals surface area contributed by atoms with E-state index in [1.54, 1.807) is 12.3 Å². The molecule has 2 rings (SSSR count). The molecular weight excluding hydrogens is 202 g/mol. The van der Waals surface area contributed by atoms with Gasteiger partial charge in [-0.05, 0) is 31.2 Å². The van der Waals surface area contributed by atoms with Crippen LogP contribution in [0.15, 0.2) is 12.3 Å². The monoisotopic (exact) mass is 219 g/mol. The number of hydrogen-bond donors (Lipinski definition) is 2. The molecule has 1 aromatic rings. The Morgan fingerprint density at radius 2 is 2.38 bits per heavy atom. The van der Waals surface area contributed by atoms with E-state index in [1.807, 2.05) is 6.92 Å². The van der Waals surface area contributed by atoms with E-state index in [-0.39, 0.29) is 5.91 Å². The van der Waals surface area contributed by atoms with Gasteiger partial charge in [0.1, 0.15) is 0 Å². The van der Waals surface area contributed by atoms with Gasteiger partial charge in [0.2, 0.25) is 0 Å². The van der Waals surface area contributed by atoms with Crippen LogP contribution >= 0.6 is 0 Å². The van der Waals surface area contributed by atoms with Gasteiger partial charge in [0, 0.05) is 6.54 Å². The highest BCUT2D eigenvalue weighted by molar-refractivity contribution is 5.95. The van der Waals surface area contributed by atoms with Crippen LogP contribution < -0.4 is 11.1 Å². The number of amides is 1. The summed E-state index contributed by atoms with van der Waals surface area (Å²) in [6.45, 7) is 4.77. The zero-order valence-electron chi connectivity index (χ0n) is 9.66. The lowest BCUT2D eigenvalue weighted by molar-refractivity contribution is 0.0950. The van der Waals surface area contributed by atoms with Crippen molar-refractivity contribution in [3.05, 3.63) is 23.5 Å². The van der Waals surface area contributed by atoms with E-state index < -0.39 is 0 Å². The van der Waals surface area contributed by atoms with Crippen LogP contribution in [0.1, 0.15) is 29.4 Å². The van der Waals surface area contributed by atoms with E-state index in [9.17, 15) is 4.79 Å². The average Bonchev–Trinajstić information content (AvgIpc) is 2.95. The van der Waals surface area contributed by atoms with Gasteiger partial charge >= 0.3 is 0 Å². The molecule has 1 heterocycles. The predicted molar refractivity (Wildman–Crippen MR) is 63.0 cm³/mol. The SMILES string of the molecule is Cc1ncc(N)cc1C(=O)NCC1CC1C. The van der Waals surface area contributed by atoms with Crippen LogP contribution in [0.4, 0.5) is 5.69 Å². The average molecular weight is 219 g/mol. The van der Waals surface area contributed by atoms with Crippen LogP contribution in [0.2, 0.25) is 0 Å². The fourth-order valence-electron chi connectivity index (χ4n) is 1.78. The molecule has 0 radical (unpaired) electrons. The molecule has 0 bridgehead atoms. The second-order valence-corrected chi connectivity index (χ2v) is 4.58. The largest absolute Gasteiger partial charge is 0.397 e. The van der Waals surface area contributed by atoms with Crippen molar-refractivity contribution < 1.29 is 4.79 Å². The van der Waals surface area contributed by atoms with Crippen molar-refractivity contribution in [3.63, 3.8) is 0 Å². The normalized spacial score (nSPS) is 22.9. The first kappa shape index (κ1) is 10.9. The lowest BCUT2D eigenvalue weighted by atomic mass is 10.2. The number of rotatable bonds is 3. The lowest BCUT2D eigenvalue weighted by Crippen LogP contribution is -2.27. The first-order valence-corrected chi connectivity index (χ1v) is 5.58. The summed E-state index contributed by atoms with van der Waals surface area (Å²) in [6, 6.07) is 1.67. The number of nitrogens with one attached hydrogen (secondary N) is 1. The Morgan fingerprint density at radius 3 is 3.00 bits per heavy atom. The molecule has 0 saturated heterocycles. The van der Waals surface area contributed by atoms with E-state index in [0.717, 1.165) is 18.2 Å². The fraction of sp³-hybridized carbons (Fsp3) is 0.500. The van der Waals surface area contributed by atoms with Crippen molar-refractivity contribution in [2.24, 2.45) is 11.8 Å². The van der Waals surface area contributed by atoms with Gasteiger partial charge in [0.25, 0.3) is 5.91 Å². The highest BCUT2D eigenvalue weighted by Gasteiger charge is 2.32. The number of aromatic nitrogens is 1. The summed E-state index contributed by atoms with van der Waals surface area (Å²) < 4.78 is 0. The highest BCUT2D eigenvalue weighted by atomic mass is 16.1. The van der Waals surface area contributed by atoms with Gasteiger partial charge in [0.05, 0.1) is 23.1 Å². The summed E-state index contributed by atoms with van der Waals surface area (Å²) in [4.78, 5) is 15.9. The molecule has 86 valence electrons. The maximum atomic E-state index is 11.8. The molecule has 1 saturated carbocycles. The number of nitrogens with two attached hydrogens (primary N) is 1. The maximum absolute atomic E-state index is 11.8. The van der Waals surface area contributed by atoms with Crippen LogP contribution in [0.3, 0.4) is 0 Å². The van der Waals surface area contributed by atoms with E-state index in [0.29, 0.717) is 17.2 Å². The molecule has 1 amide bonds. The number of anilines is 1. The molecule has 1 aromatic heterocycles. The highest BCUT2D eigenvalue weighted by Crippen LogP contribution is 2.36. The van der Waals surface area contributed by atoms with Gasteiger partial charge in [0.15, 0.2) is 0 Å². The van der Waals surface area contributed by atoms with Crippen LogP contribution in [0, 0.1) is 18.8 Å². The van der Waals surface area contributed by atoms with Gasteiger partial charge in [-0.25, -0.2) is 0 Å². The number of carbonyl (C=O) groups excluding carboxylic acids is 1. The fourth-order valence-corrected chi connectivity index (χ4v) is 1.78. The third-order valence-corrected chi connectivity index (χ3v) is 3.15. The zero-order chi connectivity index (χ0) is 11.7. The Balaban J connectivity index is 1.99. The smallest absolute Gasteiger partial charge is 0.253 e. The quantitative estimate of drug-likeness (QED) is 0.806. The molecular formula is C12H17N3O. The summed E-state index contributed by atoms with van der Waals surface area (Å²) in [5.41, 5.74) is 7.43. The molecule has 1 fully saturated rings. The minimum atomic E-state index is -0.0728. The van der Waals surface area contributed by atoms with Crippen LogP contribution in [0.25, 0.3) is 0 Å². The Labute approximate surface area is 95.3 Å². The number of pyridine rings is 1. The van der Waals surface area contributed by atoms with Crippen molar-refractivity contribution in [2.45, 2.75) is 20.3 Å². The molecule has 1 aliphatic rings. The second-order valence-electron chi connectivity index (χ2n) is 4.58. The first-order valence-electron chi connectivity index (χ1n) is 5.58. The third kappa shape index (κ3) is 2.32. The molecule has 2 unspecified atom stereocenters. The second kappa shape index (κ2) is 4.12. The molecule has 4 heteroatoms. The molecule has 3 N–H and O–H groups in total. The number of aryl methyl sites for hydroxylation is 1. The van der Waals surface area contributed by atoms with Crippen LogP contribution in [-0.2, 0) is 0 Å². The molecule has 0 spiro atoms. The van der Waals surface area contributed by atoms with Gasteiger partial charge in [-0.15, -0.1) is 0 Å². The van der Waals surface area contributed by atoms with E-state index in [4.69, 9.17) is 5.73 Å². The minimum Gasteiger partial charge on any atom is -0.397 e. The van der Waals surface area contributed by atoms with E-state index >= 15 is 0 Å².